The van der Waals surface area contributed by atoms with Crippen LogP contribution in [0.3, 0.4) is 0 Å². The van der Waals surface area contributed by atoms with Gasteiger partial charge in [0.05, 0.1) is 12.5 Å². The number of rotatable bonds is 7. The van der Waals surface area contributed by atoms with Crippen molar-refractivity contribution in [2.45, 2.75) is 36.6 Å². The van der Waals surface area contributed by atoms with Crippen molar-refractivity contribution in [2.24, 2.45) is 11.1 Å². The van der Waals surface area contributed by atoms with E-state index < -0.39 is 15.4 Å². The maximum absolute atomic E-state index is 12.8. The van der Waals surface area contributed by atoms with Crippen molar-refractivity contribution in [3.05, 3.63) is 18.2 Å². The smallest absolute Gasteiger partial charge is 0.244 e. The number of halogens is 1. The van der Waals surface area contributed by atoms with E-state index in [9.17, 15) is 13.2 Å². The average molecular weight is 420 g/mol. The van der Waals surface area contributed by atoms with Crippen LogP contribution in [-0.4, -0.2) is 47.2 Å². The Balaban J connectivity index is 0.00000261. The molecule has 8 nitrogen and oxygen atoms in total. The molecule has 0 aromatic heterocycles. The molecule has 1 saturated carbocycles. The second kappa shape index (κ2) is 8.74. The van der Waals surface area contributed by atoms with Crippen molar-refractivity contribution in [3.63, 3.8) is 0 Å². The summed E-state index contributed by atoms with van der Waals surface area (Å²) in [6, 6.07) is 4.56. The van der Waals surface area contributed by atoms with Crippen LogP contribution in [0, 0.1) is 5.41 Å². The first-order valence-electron chi connectivity index (χ1n) is 8.70. The number of nitrogens with two attached hydrogens (primary N) is 1. The van der Waals surface area contributed by atoms with Crippen LogP contribution >= 0.6 is 12.4 Å². The van der Waals surface area contributed by atoms with E-state index in [2.05, 4.69) is 10.0 Å². The van der Waals surface area contributed by atoms with Crippen molar-refractivity contribution in [1.29, 1.82) is 0 Å². The highest BCUT2D eigenvalue weighted by atomic mass is 35.5. The Kier molecular flexibility index (Phi) is 7.09. The number of carbonyl (C=O) groups excluding carboxylic acids is 1. The highest BCUT2D eigenvalue weighted by Gasteiger charge is 2.39. The first-order valence-corrected chi connectivity index (χ1v) is 10.2. The highest BCUT2D eigenvalue weighted by molar-refractivity contribution is 7.89. The molecule has 0 unspecified atom stereocenters. The summed E-state index contributed by atoms with van der Waals surface area (Å²) in [7, 11) is -2.30. The third-order valence-electron chi connectivity index (χ3n) is 4.93. The number of hydrogen-bond acceptors (Lipinski definition) is 6. The Bertz CT molecular complexity index is 777. The van der Waals surface area contributed by atoms with Gasteiger partial charge in [-0.05, 0) is 43.9 Å². The lowest BCUT2D eigenvalue weighted by Gasteiger charge is -2.34. The Morgan fingerprint density at radius 2 is 2.00 bits per heavy atom. The fourth-order valence-electron chi connectivity index (χ4n) is 3.00. The third kappa shape index (κ3) is 4.91. The Labute approximate surface area is 165 Å². The van der Waals surface area contributed by atoms with Gasteiger partial charge in [-0.15, -0.1) is 12.4 Å². The van der Waals surface area contributed by atoms with E-state index in [1.807, 2.05) is 0 Å². The second-order valence-electron chi connectivity index (χ2n) is 6.81. The maximum Gasteiger partial charge on any atom is 0.244 e. The molecule has 0 radical (unpaired) electrons. The van der Waals surface area contributed by atoms with Gasteiger partial charge in [0.2, 0.25) is 15.9 Å². The second-order valence-corrected chi connectivity index (χ2v) is 8.49. The first-order chi connectivity index (χ1) is 12.4. The number of amides is 1. The van der Waals surface area contributed by atoms with E-state index in [0.29, 0.717) is 31.7 Å². The van der Waals surface area contributed by atoms with E-state index in [0.717, 1.165) is 12.8 Å². The third-order valence-corrected chi connectivity index (χ3v) is 6.47. The monoisotopic (exact) mass is 419 g/mol. The molecule has 27 heavy (non-hydrogen) atoms. The largest absolute Gasteiger partial charge is 0.495 e. The summed E-state index contributed by atoms with van der Waals surface area (Å²) in [5.74, 6) is 0.0164. The van der Waals surface area contributed by atoms with Gasteiger partial charge in [0.25, 0.3) is 0 Å². The van der Waals surface area contributed by atoms with E-state index in [1.165, 1.54) is 19.2 Å². The zero-order valence-electron chi connectivity index (χ0n) is 15.2. The minimum Gasteiger partial charge on any atom is -0.495 e. The molecule has 1 amide bonds. The van der Waals surface area contributed by atoms with E-state index in [-0.39, 0.29) is 41.5 Å². The molecule has 0 atom stereocenters. The van der Waals surface area contributed by atoms with E-state index in [4.69, 9.17) is 15.2 Å². The molecule has 152 valence electrons. The quantitative estimate of drug-likeness (QED) is 0.611. The molecule has 3 rings (SSSR count). The minimum absolute atomic E-state index is 0. The molecule has 1 aliphatic heterocycles. The zero-order valence-corrected chi connectivity index (χ0v) is 16.8. The van der Waals surface area contributed by atoms with Gasteiger partial charge < -0.3 is 20.5 Å². The van der Waals surface area contributed by atoms with Crippen LogP contribution in [-0.2, 0) is 19.6 Å². The lowest BCUT2D eigenvalue weighted by molar-refractivity contribution is -0.130. The summed E-state index contributed by atoms with van der Waals surface area (Å²) in [6.45, 7) is 1.18. The normalized spacial score (nSPS) is 19.0. The van der Waals surface area contributed by atoms with E-state index >= 15 is 0 Å². The fraction of sp³-hybridized carbons (Fsp3) is 0.588. The molecular formula is C17H26ClN3O5S. The molecule has 1 heterocycles. The summed E-state index contributed by atoms with van der Waals surface area (Å²) in [5.41, 5.74) is 5.56. The standard InChI is InChI=1S/C17H25N3O5S.ClH/c1-24-14-5-4-13(10-15(14)26(22,23)20-12-2-3-12)19-16(21)17(11-18)6-8-25-9-7-17;/h4-5,10,12,20H,2-3,6-9,11,18H2,1H3,(H,19,21);1H. The van der Waals surface area contributed by atoms with Crippen molar-refractivity contribution < 1.29 is 22.7 Å². The number of sulfonamides is 1. The average Bonchev–Trinajstić information content (AvgIpc) is 3.45. The minimum atomic E-state index is -3.71. The molecule has 2 fully saturated rings. The highest BCUT2D eigenvalue weighted by Crippen LogP contribution is 2.33. The number of nitrogens with one attached hydrogen (secondary N) is 2. The molecule has 1 aliphatic carbocycles. The number of anilines is 1. The van der Waals surface area contributed by atoms with Gasteiger partial charge in [-0.2, -0.15) is 0 Å². The summed E-state index contributed by atoms with van der Waals surface area (Å²) in [5, 5.41) is 2.81. The Hall–Kier alpha value is -1.39. The van der Waals surface area contributed by atoms with Gasteiger partial charge in [-0.3, -0.25) is 4.79 Å². The molecule has 10 heteroatoms. The molecule has 2 aliphatic rings. The van der Waals surface area contributed by atoms with Crippen molar-refractivity contribution in [3.8, 4) is 5.75 Å². The first kappa shape index (κ1) is 21.9. The van der Waals surface area contributed by atoms with Crippen molar-refractivity contribution in [2.75, 3.05) is 32.2 Å². The van der Waals surface area contributed by atoms with Gasteiger partial charge in [0.15, 0.2) is 0 Å². The topological polar surface area (TPSA) is 120 Å². The van der Waals surface area contributed by atoms with Crippen LogP contribution in [0.4, 0.5) is 5.69 Å². The van der Waals surface area contributed by atoms with Crippen LogP contribution in [0.5, 0.6) is 5.75 Å². The summed E-state index contributed by atoms with van der Waals surface area (Å²) < 4.78 is 38.3. The molecule has 0 spiro atoms. The van der Waals surface area contributed by atoms with Crippen molar-refractivity contribution >= 4 is 34.0 Å². The number of ether oxygens (including phenoxy) is 2. The number of methoxy groups -OCH3 is 1. The Morgan fingerprint density at radius 1 is 1.33 bits per heavy atom. The SMILES string of the molecule is COc1ccc(NC(=O)C2(CN)CCOCC2)cc1S(=O)(=O)NC1CC1.Cl. The zero-order chi connectivity index (χ0) is 18.8. The predicted molar refractivity (Wildman–Crippen MR) is 104 cm³/mol. The number of carbonyl (C=O) groups is 1. The lowest BCUT2D eigenvalue weighted by Crippen LogP contribution is -2.46. The Morgan fingerprint density at radius 3 is 2.56 bits per heavy atom. The van der Waals surface area contributed by atoms with Crippen LogP contribution in [0.15, 0.2) is 23.1 Å². The molecule has 1 saturated heterocycles. The van der Waals surface area contributed by atoms with Gasteiger partial charge in [0.1, 0.15) is 10.6 Å². The van der Waals surface area contributed by atoms with E-state index in [1.54, 1.807) is 6.07 Å². The van der Waals surface area contributed by atoms with Crippen LogP contribution in [0.25, 0.3) is 0 Å². The van der Waals surface area contributed by atoms with Gasteiger partial charge in [-0.1, -0.05) is 0 Å². The molecule has 1 aromatic rings. The summed E-state index contributed by atoms with van der Waals surface area (Å²) in [4.78, 5) is 12.8. The van der Waals surface area contributed by atoms with Gasteiger partial charge in [0, 0.05) is 31.5 Å². The molecular weight excluding hydrogens is 394 g/mol. The molecule has 0 bridgehead atoms. The number of benzene rings is 1. The van der Waals surface area contributed by atoms with Crippen LogP contribution in [0.2, 0.25) is 0 Å². The summed E-state index contributed by atoms with van der Waals surface area (Å²) in [6.07, 6.45) is 2.75. The van der Waals surface area contributed by atoms with Crippen LogP contribution in [0.1, 0.15) is 25.7 Å². The van der Waals surface area contributed by atoms with Gasteiger partial charge in [-0.25, -0.2) is 13.1 Å². The van der Waals surface area contributed by atoms with Crippen molar-refractivity contribution in [1.82, 2.24) is 4.72 Å². The number of hydrogen-bond donors (Lipinski definition) is 3. The fourth-order valence-corrected chi connectivity index (χ4v) is 4.50. The lowest BCUT2D eigenvalue weighted by atomic mass is 9.79. The molecule has 1 aromatic carbocycles. The summed E-state index contributed by atoms with van der Waals surface area (Å²) >= 11 is 0. The maximum atomic E-state index is 12.8. The molecule has 4 N–H and O–H groups in total. The van der Waals surface area contributed by atoms with Gasteiger partial charge >= 0.3 is 0 Å². The predicted octanol–water partition coefficient (Wildman–Crippen LogP) is 1.25. The van der Waals surface area contributed by atoms with Crippen LogP contribution < -0.4 is 20.5 Å².